The quantitative estimate of drug-likeness (QED) is 0.703. The van der Waals surface area contributed by atoms with E-state index in [0.29, 0.717) is 5.15 Å². The minimum Gasteiger partial charge on any atom is -0.303 e. The van der Waals surface area contributed by atoms with Crippen molar-refractivity contribution in [1.29, 1.82) is 0 Å². The van der Waals surface area contributed by atoms with E-state index in [4.69, 9.17) is 11.6 Å². The molecule has 1 fully saturated rings. The van der Waals surface area contributed by atoms with Crippen molar-refractivity contribution in [2.24, 2.45) is 5.41 Å². The van der Waals surface area contributed by atoms with Gasteiger partial charge in [0.05, 0.1) is 5.51 Å². The summed E-state index contributed by atoms with van der Waals surface area (Å²) in [6.45, 7) is 0. The molecule has 0 unspecified atom stereocenters. The first kappa shape index (κ1) is 8.20. The average Bonchev–Trinajstić information content (AvgIpc) is 2.74. The summed E-state index contributed by atoms with van der Waals surface area (Å²) in [6.07, 6.45) is 3.85. The maximum absolute atomic E-state index is 10.7. The summed E-state index contributed by atoms with van der Waals surface area (Å²) in [4.78, 5) is 15.6. The van der Waals surface area contributed by atoms with Gasteiger partial charge in [-0.05, 0) is 19.3 Å². The van der Waals surface area contributed by atoms with Gasteiger partial charge >= 0.3 is 0 Å². The van der Waals surface area contributed by atoms with E-state index in [1.807, 2.05) is 0 Å². The number of thiazole rings is 1. The third-order valence-electron chi connectivity index (χ3n) is 2.25. The third kappa shape index (κ3) is 1.39. The van der Waals surface area contributed by atoms with Crippen molar-refractivity contribution in [2.45, 2.75) is 19.3 Å². The van der Waals surface area contributed by atoms with Gasteiger partial charge in [0.2, 0.25) is 0 Å². The van der Waals surface area contributed by atoms with Crippen molar-refractivity contribution < 1.29 is 4.79 Å². The predicted molar refractivity (Wildman–Crippen MR) is 48.6 cm³/mol. The highest BCUT2D eigenvalue weighted by molar-refractivity contribution is 7.10. The topological polar surface area (TPSA) is 30.0 Å². The van der Waals surface area contributed by atoms with Gasteiger partial charge in [-0.2, -0.15) is 0 Å². The van der Waals surface area contributed by atoms with Gasteiger partial charge in [-0.3, -0.25) is 0 Å². The minimum absolute atomic E-state index is 0.0871. The molecule has 0 aliphatic heterocycles. The Kier molecular flexibility index (Phi) is 1.93. The molecule has 2 rings (SSSR count). The lowest BCUT2D eigenvalue weighted by atomic mass is 10.0. The van der Waals surface area contributed by atoms with Gasteiger partial charge in [0, 0.05) is 10.3 Å². The van der Waals surface area contributed by atoms with Crippen LogP contribution < -0.4 is 0 Å². The van der Waals surface area contributed by atoms with Crippen LogP contribution in [0.1, 0.15) is 17.7 Å². The number of hydrogen-bond acceptors (Lipinski definition) is 3. The molecule has 1 saturated carbocycles. The molecule has 2 nitrogen and oxygen atoms in total. The van der Waals surface area contributed by atoms with Crippen LogP contribution in [0.2, 0.25) is 5.15 Å². The predicted octanol–water partition coefficient (Wildman–Crippen LogP) is 2.32. The van der Waals surface area contributed by atoms with E-state index in [0.717, 1.165) is 30.4 Å². The van der Waals surface area contributed by atoms with Crippen LogP contribution in [0.25, 0.3) is 0 Å². The van der Waals surface area contributed by atoms with Crippen LogP contribution in [-0.2, 0) is 11.2 Å². The van der Waals surface area contributed by atoms with Crippen molar-refractivity contribution in [3.63, 3.8) is 0 Å². The van der Waals surface area contributed by atoms with Gasteiger partial charge in [0.15, 0.2) is 0 Å². The summed E-state index contributed by atoms with van der Waals surface area (Å²) in [7, 11) is 0. The zero-order valence-corrected chi connectivity index (χ0v) is 7.99. The fourth-order valence-electron chi connectivity index (χ4n) is 1.19. The van der Waals surface area contributed by atoms with Crippen LogP contribution in [0.15, 0.2) is 5.51 Å². The first-order chi connectivity index (χ1) is 5.76. The normalized spacial score (nSPS) is 19.1. The molecule has 0 amide bonds. The van der Waals surface area contributed by atoms with Crippen LogP contribution in [0.5, 0.6) is 0 Å². The monoisotopic (exact) mass is 201 g/mol. The SMILES string of the molecule is O=CC1(Cc2scnc2Cl)CC1. The molecule has 0 N–H and O–H groups in total. The molecule has 0 bridgehead atoms. The van der Waals surface area contributed by atoms with E-state index in [1.54, 1.807) is 5.51 Å². The van der Waals surface area contributed by atoms with Crippen molar-refractivity contribution >= 4 is 29.2 Å². The molecule has 4 heteroatoms. The van der Waals surface area contributed by atoms with Crippen LogP contribution in [0, 0.1) is 5.41 Å². The lowest BCUT2D eigenvalue weighted by molar-refractivity contribution is -0.112. The average molecular weight is 202 g/mol. The lowest BCUT2D eigenvalue weighted by Gasteiger charge is -2.02. The van der Waals surface area contributed by atoms with Gasteiger partial charge < -0.3 is 4.79 Å². The minimum atomic E-state index is -0.0871. The summed E-state index contributed by atoms with van der Waals surface area (Å²) in [5.41, 5.74) is 1.63. The highest BCUT2D eigenvalue weighted by Gasteiger charge is 2.43. The molecule has 1 aliphatic carbocycles. The van der Waals surface area contributed by atoms with Crippen LogP contribution in [0.4, 0.5) is 0 Å². The Bertz CT molecular complexity index is 306. The second kappa shape index (κ2) is 2.82. The number of aldehydes is 1. The molecule has 1 aliphatic rings. The standard InChI is InChI=1S/C8H8ClNOS/c9-7-6(12-5-10-7)3-8(4-11)1-2-8/h4-5H,1-3H2. The molecule has 0 spiro atoms. The highest BCUT2D eigenvalue weighted by Crippen LogP contribution is 2.47. The zero-order valence-electron chi connectivity index (χ0n) is 6.42. The summed E-state index contributed by atoms with van der Waals surface area (Å²) in [5, 5.41) is 0.563. The second-order valence-electron chi connectivity index (χ2n) is 3.22. The summed E-state index contributed by atoms with van der Waals surface area (Å²) in [6, 6.07) is 0. The van der Waals surface area contributed by atoms with Crippen LogP contribution in [0.3, 0.4) is 0 Å². The number of rotatable bonds is 3. The van der Waals surface area contributed by atoms with Crippen molar-refractivity contribution in [3.8, 4) is 0 Å². The maximum Gasteiger partial charge on any atom is 0.143 e. The summed E-state index contributed by atoms with van der Waals surface area (Å²) in [5.74, 6) is 0. The van der Waals surface area contributed by atoms with E-state index in [1.165, 1.54) is 11.3 Å². The molecular weight excluding hydrogens is 194 g/mol. The first-order valence-corrected chi connectivity index (χ1v) is 5.06. The second-order valence-corrected chi connectivity index (χ2v) is 4.52. The Morgan fingerprint density at radius 3 is 2.92 bits per heavy atom. The Labute approximate surface area is 79.6 Å². The molecule has 0 radical (unpaired) electrons. The number of carbonyl (C=O) groups excluding carboxylic acids is 1. The largest absolute Gasteiger partial charge is 0.303 e. The smallest absolute Gasteiger partial charge is 0.143 e. The number of carbonyl (C=O) groups is 1. The third-order valence-corrected chi connectivity index (χ3v) is 3.52. The number of hydrogen-bond donors (Lipinski definition) is 0. The van der Waals surface area contributed by atoms with Crippen LogP contribution in [-0.4, -0.2) is 11.3 Å². The molecular formula is C8H8ClNOS. The number of nitrogens with zero attached hydrogens (tertiary/aromatic N) is 1. The molecule has 1 aromatic rings. The van der Waals surface area contributed by atoms with Gasteiger partial charge in [-0.15, -0.1) is 11.3 Å². The Hall–Kier alpha value is -0.410. The molecule has 0 aromatic carbocycles. The van der Waals surface area contributed by atoms with Crippen molar-refractivity contribution in [1.82, 2.24) is 4.98 Å². The summed E-state index contributed by atoms with van der Waals surface area (Å²) < 4.78 is 0. The Morgan fingerprint density at radius 2 is 2.50 bits per heavy atom. The number of aromatic nitrogens is 1. The molecule has 64 valence electrons. The van der Waals surface area contributed by atoms with E-state index in [-0.39, 0.29) is 5.41 Å². The van der Waals surface area contributed by atoms with Crippen molar-refractivity contribution in [3.05, 3.63) is 15.5 Å². The van der Waals surface area contributed by atoms with E-state index in [2.05, 4.69) is 4.98 Å². The molecule has 1 aromatic heterocycles. The molecule has 0 saturated heterocycles. The lowest BCUT2D eigenvalue weighted by Crippen LogP contribution is -2.04. The molecule has 1 heterocycles. The van der Waals surface area contributed by atoms with Gasteiger partial charge in [-0.25, -0.2) is 4.98 Å². The van der Waals surface area contributed by atoms with E-state index >= 15 is 0 Å². The zero-order chi connectivity index (χ0) is 8.60. The van der Waals surface area contributed by atoms with Crippen molar-refractivity contribution in [2.75, 3.05) is 0 Å². The fourth-order valence-corrected chi connectivity index (χ4v) is 2.30. The van der Waals surface area contributed by atoms with Gasteiger partial charge in [0.1, 0.15) is 11.4 Å². The maximum atomic E-state index is 10.7. The number of halogens is 1. The highest BCUT2D eigenvalue weighted by atomic mass is 35.5. The fraction of sp³-hybridized carbons (Fsp3) is 0.500. The Morgan fingerprint density at radius 1 is 1.75 bits per heavy atom. The van der Waals surface area contributed by atoms with Gasteiger partial charge in [-0.1, -0.05) is 11.6 Å². The Balaban J connectivity index is 2.13. The summed E-state index contributed by atoms with van der Waals surface area (Å²) >= 11 is 7.34. The van der Waals surface area contributed by atoms with Crippen LogP contribution >= 0.6 is 22.9 Å². The van der Waals surface area contributed by atoms with E-state index in [9.17, 15) is 4.79 Å². The molecule has 0 atom stereocenters. The van der Waals surface area contributed by atoms with E-state index < -0.39 is 0 Å². The first-order valence-electron chi connectivity index (χ1n) is 3.80. The molecule has 12 heavy (non-hydrogen) atoms. The van der Waals surface area contributed by atoms with Gasteiger partial charge in [0.25, 0.3) is 0 Å².